The van der Waals surface area contributed by atoms with Crippen LogP contribution in [0.25, 0.3) is 0 Å². The molecule has 0 unspecified atom stereocenters. The number of rotatable bonds is 2. The molecule has 0 spiro atoms. The SMILES string of the molecule is O=[C]OC(=O)c1ccccc1Cl. The van der Waals surface area contributed by atoms with Gasteiger partial charge < -0.3 is 4.74 Å². The predicted molar refractivity (Wildman–Crippen MR) is 42.6 cm³/mol. The third-order valence-electron chi connectivity index (χ3n) is 1.23. The van der Waals surface area contributed by atoms with Gasteiger partial charge in [0.1, 0.15) is 0 Å². The molecule has 0 aromatic heterocycles. The fourth-order valence-electron chi connectivity index (χ4n) is 0.720. The van der Waals surface area contributed by atoms with Gasteiger partial charge in [-0.1, -0.05) is 23.7 Å². The summed E-state index contributed by atoms with van der Waals surface area (Å²) in [6.07, 6.45) is 0. The van der Waals surface area contributed by atoms with Gasteiger partial charge in [0.2, 0.25) is 0 Å². The van der Waals surface area contributed by atoms with Crippen molar-refractivity contribution in [2.75, 3.05) is 0 Å². The topological polar surface area (TPSA) is 43.4 Å². The van der Waals surface area contributed by atoms with E-state index in [0.717, 1.165) is 6.47 Å². The summed E-state index contributed by atoms with van der Waals surface area (Å²) in [6.45, 7) is 1.03. The molecule has 0 amide bonds. The first-order valence-corrected chi connectivity index (χ1v) is 3.46. The quantitative estimate of drug-likeness (QED) is 0.516. The van der Waals surface area contributed by atoms with Gasteiger partial charge in [-0.15, -0.1) is 0 Å². The smallest absolute Gasteiger partial charge is 0.381 e. The molecule has 0 aliphatic heterocycles. The Balaban J connectivity index is 2.94. The van der Waals surface area contributed by atoms with Crippen LogP contribution in [0.4, 0.5) is 0 Å². The number of halogens is 1. The highest BCUT2D eigenvalue weighted by molar-refractivity contribution is 6.33. The fraction of sp³-hybridized carbons (Fsp3) is 0. The van der Waals surface area contributed by atoms with Crippen molar-refractivity contribution in [3.05, 3.63) is 34.9 Å². The van der Waals surface area contributed by atoms with Gasteiger partial charge in [-0.25, -0.2) is 9.59 Å². The molecular formula is C8H4ClO3. The number of ether oxygens (including phenoxy) is 1. The number of carbonyl (C=O) groups is 1. The fourth-order valence-corrected chi connectivity index (χ4v) is 0.932. The van der Waals surface area contributed by atoms with Crippen LogP contribution in [-0.4, -0.2) is 12.4 Å². The van der Waals surface area contributed by atoms with Crippen LogP contribution in [0.5, 0.6) is 0 Å². The van der Waals surface area contributed by atoms with Gasteiger partial charge in [-0.2, -0.15) is 0 Å². The minimum Gasteiger partial charge on any atom is -0.381 e. The van der Waals surface area contributed by atoms with E-state index in [0.29, 0.717) is 0 Å². The van der Waals surface area contributed by atoms with Gasteiger partial charge in [0.15, 0.2) is 0 Å². The molecule has 1 aromatic carbocycles. The van der Waals surface area contributed by atoms with Gasteiger partial charge >= 0.3 is 12.4 Å². The van der Waals surface area contributed by atoms with Crippen molar-refractivity contribution in [3.63, 3.8) is 0 Å². The number of hydrogen-bond acceptors (Lipinski definition) is 3. The van der Waals surface area contributed by atoms with E-state index in [4.69, 9.17) is 11.6 Å². The summed E-state index contributed by atoms with van der Waals surface area (Å²) < 4.78 is 3.98. The molecule has 1 aromatic rings. The minimum absolute atomic E-state index is 0.155. The van der Waals surface area contributed by atoms with Crippen molar-refractivity contribution >= 4 is 24.0 Å². The maximum Gasteiger partial charge on any atom is 0.425 e. The highest BCUT2D eigenvalue weighted by Crippen LogP contribution is 2.15. The zero-order valence-electron chi connectivity index (χ0n) is 5.91. The maximum atomic E-state index is 10.9. The molecule has 0 bridgehead atoms. The zero-order chi connectivity index (χ0) is 8.97. The van der Waals surface area contributed by atoms with Crippen LogP contribution in [0.15, 0.2) is 24.3 Å². The zero-order valence-corrected chi connectivity index (χ0v) is 6.67. The highest BCUT2D eigenvalue weighted by atomic mass is 35.5. The molecule has 61 valence electrons. The lowest BCUT2D eigenvalue weighted by molar-refractivity contribution is 0.0710. The number of carbonyl (C=O) groups excluding carboxylic acids is 2. The lowest BCUT2D eigenvalue weighted by Crippen LogP contribution is -2.03. The van der Waals surface area contributed by atoms with E-state index in [1.165, 1.54) is 12.1 Å². The van der Waals surface area contributed by atoms with Crippen LogP contribution in [0, 0.1) is 0 Å². The van der Waals surface area contributed by atoms with Gasteiger partial charge in [0.05, 0.1) is 10.6 Å². The Morgan fingerprint density at radius 1 is 1.42 bits per heavy atom. The number of benzene rings is 1. The first-order valence-electron chi connectivity index (χ1n) is 3.08. The van der Waals surface area contributed by atoms with Crippen molar-refractivity contribution in [1.29, 1.82) is 0 Å². The Labute approximate surface area is 73.9 Å². The summed E-state index contributed by atoms with van der Waals surface area (Å²) in [5, 5.41) is 0.248. The summed E-state index contributed by atoms with van der Waals surface area (Å²) in [5.41, 5.74) is 0.155. The molecule has 0 heterocycles. The molecule has 0 atom stereocenters. The third kappa shape index (κ3) is 1.83. The lowest BCUT2D eigenvalue weighted by atomic mass is 10.2. The molecule has 0 saturated carbocycles. The molecule has 12 heavy (non-hydrogen) atoms. The lowest BCUT2D eigenvalue weighted by Gasteiger charge is -1.97. The minimum atomic E-state index is -0.796. The summed E-state index contributed by atoms with van der Waals surface area (Å²) in [6, 6.07) is 6.28. The molecule has 3 nitrogen and oxygen atoms in total. The molecule has 1 radical (unpaired) electrons. The Kier molecular flexibility index (Phi) is 2.82. The average Bonchev–Trinajstić information content (AvgIpc) is 2.05. The van der Waals surface area contributed by atoms with Gasteiger partial charge in [-0.3, -0.25) is 0 Å². The van der Waals surface area contributed by atoms with E-state index in [2.05, 4.69) is 4.74 Å². The van der Waals surface area contributed by atoms with Crippen molar-refractivity contribution in [2.45, 2.75) is 0 Å². The van der Waals surface area contributed by atoms with Gasteiger partial charge in [-0.05, 0) is 12.1 Å². The molecule has 0 saturated heterocycles. The maximum absolute atomic E-state index is 10.9. The van der Waals surface area contributed by atoms with Crippen molar-refractivity contribution < 1.29 is 14.3 Å². The highest BCUT2D eigenvalue weighted by Gasteiger charge is 2.10. The Morgan fingerprint density at radius 2 is 2.08 bits per heavy atom. The van der Waals surface area contributed by atoms with Crippen LogP contribution in [0.1, 0.15) is 10.4 Å². The van der Waals surface area contributed by atoms with E-state index in [1.54, 1.807) is 12.1 Å². The van der Waals surface area contributed by atoms with Crippen molar-refractivity contribution in [1.82, 2.24) is 0 Å². The van der Waals surface area contributed by atoms with Crippen LogP contribution in [-0.2, 0) is 9.53 Å². The summed E-state index contributed by atoms with van der Waals surface area (Å²) in [7, 11) is 0. The van der Waals surface area contributed by atoms with Crippen LogP contribution in [0.2, 0.25) is 5.02 Å². The van der Waals surface area contributed by atoms with Crippen LogP contribution >= 0.6 is 11.6 Å². The molecule has 1 rings (SSSR count). The Bertz CT molecular complexity index is 309. The first-order chi connectivity index (χ1) is 5.75. The molecule has 4 heteroatoms. The van der Waals surface area contributed by atoms with E-state index in [-0.39, 0.29) is 10.6 Å². The molecule has 0 aliphatic rings. The van der Waals surface area contributed by atoms with E-state index >= 15 is 0 Å². The third-order valence-corrected chi connectivity index (χ3v) is 1.56. The second-order valence-electron chi connectivity index (χ2n) is 1.95. The first kappa shape index (κ1) is 8.74. The predicted octanol–water partition coefficient (Wildman–Crippen LogP) is 1.56. The summed E-state index contributed by atoms with van der Waals surface area (Å²) >= 11 is 5.62. The van der Waals surface area contributed by atoms with E-state index in [9.17, 15) is 9.59 Å². The monoisotopic (exact) mass is 183 g/mol. The van der Waals surface area contributed by atoms with Gasteiger partial charge in [0, 0.05) is 0 Å². The van der Waals surface area contributed by atoms with Crippen LogP contribution in [0.3, 0.4) is 0 Å². The number of esters is 1. The van der Waals surface area contributed by atoms with E-state index in [1.807, 2.05) is 0 Å². The normalized spacial score (nSPS) is 9.08. The second kappa shape index (κ2) is 3.88. The molecule has 0 N–H and O–H groups in total. The molecular weight excluding hydrogens is 180 g/mol. The van der Waals surface area contributed by atoms with Crippen molar-refractivity contribution in [3.8, 4) is 0 Å². The van der Waals surface area contributed by atoms with E-state index < -0.39 is 5.97 Å². The standard InChI is InChI=1S/C8H4ClO3/c9-7-4-2-1-3-6(7)8(11)12-5-10/h1-4H. The molecule has 0 fully saturated rings. The second-order valence-corrected chi connectivity index (χ2v) is 2.36. The largest absolute Gasteiger partial charge is 0.425 e. The Hall–Kier alpha value is -1.35. The molecule has 0 aliphatic carbocycles. The summed E-state index contributed by atoms with van der Waals surface area (Å²) in [4.78, 5) is 20.6. The van der Waals surface area contributed by atoms with Crippen LogP contribution < -0.4 is 0 Å². The Morgan fingerprint density at radius 3 is 2.67 bits per heavy atom. The van der Waals surface area contributed by atoms with Crippen molar-refractivity contribution in [2.24, 2.45) is 0 Å². The van der Waals surface area contributed by atoms with Gasteiger partial charge in [0.25, 0.3) is 0 Å². The number of hydrogen-bond donors (Lipinski definition) is 0. The summed E-state index contributed by atoms with van der Waals surface area (Å²) in [5.74, 6) is -0.796. The average molecular weight is 184 g/mol.